The molecule has 0 saturated heterocycles. The highest BCUT2D eigenvalue weighted by Crippen LogP contribution is 2.31. The van der Waals surface area contributed by atoms with Gasteiger partial charge in [-0.25, -0.2) is 4.39 Å². The van der Waals surface area contributed by atoms with E-state index in [-0.39, 0.29) is 27.6 Å². The summed E-state index contributed by atoms with van der Waals surface area (Å²) in [5, 5.41) is 16.8. The smallest absolute Gasteiger partial charge is 0.573 e. The minimum Gasteiger partial charge on any atom is -0.594 e. The molecule has 0 fully saturated rings. The average Bonchev–Trinajstić information content (AvgIpc) is 2.67. The Bertz CT molecular complexity index is 1060. The van der Waals surface area contributed by atoms with Gasteiger partial charge in [-0.3, -0.25) is 4.79 Å². The Hall–Kier alpha value is -3.89. The molecule has 0 saturated carbocycles. The summed E-state index contributed by atoms with van der Waals surface area (Å²) >= 11 is 0. The number of alkyl halides is 3. The summed E-state index contributed by atoms with van der Waals surface area (Å²) in [7, 11) is 0. The maximum atomic E-state index is 14.7. The molecular weight excluding hydrogens is 410 g/mol. The van der Waals surface area contributed by atoms with E-state index in [1.165, 1.54) is 37.3 Å². The lowest BCUT2D eigenvalue weighted by Gasteiger charge is -2.14. The number of hydrogen-bond acceptors (Lipinski definition) is 5. The summed E-state index contributed by atoms with van der Waals surface area (Å²) in [4.78, 5) is 12.9. The van der Waals surface area contributed by atoms with Gasteiger partial charge in [-0.1, -0.05) is 10.9 Å². The van der Waals surface area contributed by atoms with Crippen LogP contribution in [0.4, 0.5) is 23.2 Å². The SMILES string of the molecule is Cc1ccc(Oc2ccc(OC(F)(F)F)cc2)c(C(=O)Nc2cc[n+]([O-])nc2)c1F. The van der Waals surface area contributed by atoms with Crippen LogP contribution in [0.2, 0.25) is 0 Å². The molecule has 0 aliphatic heterocycles. The average molecular weight is 423 g/mol. The van der Waals surface area contributed by atoms with Crippen molar-refractivity contribution in [2.75, 3.05) is 5.32 Å². The molecular formula is C19H13F4N3O4. The van der Waals surface area contributed by atoms with Crippen LogP contribution in [0, 0.1) is 17.9 Å². The zero-order chi connectivity index (χ0) is 21.9. The molecule has 30 heavy (non-hydrogen) atoms. The molecule has 11 heteroatoms. The molecule has 1 amide bonds. The first-order valence-corrected chi connectivity index (χ1v) is 8.32. The van der Waals surface area contributed by atoms with Crippen LogP contribution < -0.4 is 19.6 Å². The number of aromatic nitrogens is 2. The second-order valence-electron chi connectivity index (χ2n) is 5.96. The number of anilines is 1. The molecule has 0 radical (unpaired) electrons. The molecule has 0 atom stereocenters. The fourth-order valence-electron chi connectivity index (χ4n) is 2.41. The topological polar surface area (TPSA) is 87.4 Å². The standard InChI is InChI=1S/C19H13F4N3O4/c1-11-2-7-15(29-13-3-5-14(6-4-13)30-19(21,22)23)16(17(11)20)18(27)25-12-8-9-26(28)24-10-12/h2-10H,1H3,(H,25,27). The van der Waals surface area contributed by atoms with E-state index in [0.717, 1.165) is 24.5 Å². The molecule has 156 valence electrons. The zero-order valence-corrected chi connectivity index (χ0v) is 15.2. The van der Waals surface area contributed by atoms with Crippen LogP contribution >= 0.6 is 0 Å². The molecule has 3 rings (SSSR count). The highest BCUT2D eigenvalue weighted by Gasteiger charge is 2.31. The molecule has 1 heterocycles. The Morgan fingerprint density at radius 2 is 1.77 bits per heavy atom. The number of hydrogen-bond donors (Lipinski definition) is 1. The van der Waals surface area contributed by atoms with E-state index in [1.54, 1.807) is 0 Å². The summed E-state index contributed by atoms with van der Waals surface area (Å²) in [5.41, 5.74) is -0.109. The van der Waals surface area contributed by atoms with Crippen molar-refractivity contribution < 1.29 is 36.7 Å². The van der Waals surface area contributed by atoms with Crippen molar-refractivity contribution in [1.29, 1.82) is 0 Å². The van der Waals surface area contributed by atoms with Gasteiger partial charge in [-0.2, -0.15) is 0 Å². The monoisotopic (exact) mass is 423 g/mol. The normalized spacial score (nSPS) is 11.1. The Morgan fingerprint density at radius 1 is 1.10 bits per heavy atom. The second kappa shape index (κ2) is 8.23. The predicted octanol–water partition coefficient (Wildman–Crippen LogP) is 4.11. The first-order chi connectivity index (χ1) is 14.1. The van der Waals surface area contributed by atoms with Crippen molar-refractivity contribution in [2.24, 2.45) is 0 Å². The van der Waals surface area contributed by atoms with Gasteiger partial charge in [-0.05, 0) is 42.8 Å². The fraction of sp³-hybridized carbons (Fsp3) is 0.105. The van der Waals surface area contributed by atoms with E-state index in [9.17, 15) is 27.6 Å². The number of nitrogens with zero attached hydrogens (tertiary/aromatic N) is 2. The number of benzene rings is 2. The van der Waals surface area contributed by atoms with Gasteiger partial charge in [0.2, 0.25) is 6.20 Å². The minimum atomic E-state index is -4.84. The number of halogens is 4. The Morgan fingerprint density at radius 3 is 2.37 bits per heavy atom. The van der Waals surface area contributed by atoms with E-state index >= 15 is 0 Å². The lowest BCUT2D eigenvalue weighted by molar-refractivity contribution is -0.669. The molecule has 2 aromatic carbocycles. The number of carbonyl (C=O) groups excluding carboxylic acids is 1. The molecule has 1 aromatic heterocycles. The summed E-state index contributed by atoms with van der Waals surface area (Å²) < 4.78 is 60.7. The maximum Gasteiger partial charge on any atom is 0.573 e. The van der Waals surface area contributed by atoms with E-state index in [1.807, 2.05) is 0 Å². The van der Waals surface area contributed by atoms with Crippen molar-refractivity contribution in [2.45, 2.75) is 13.3 Å². The minimum absolute atomic E-state index is 0.0515. The number of nitrogens with one attached hydrogen (secondary N) is 1. The van der Waals surface area contributed by atoms with Gasteiger partial charge >= 0.3 is 6.36 Å². The summed E-state index contributed by atoms with van der Waals surface area (Å²) in [6.07, 6.45) is -2.71. The highest BCUT2D eigenvalue weighted by atomic mass is 19.4. The molecule has 0 unspecified atom stereocenters. The van der Waals surface area contributed by atoms with Crippen molar-refractivity contribution in [3.63, 3.8) is 0 Å². The van der Waals surface area contributed by atoms with Crippen molar-refractivity contribution >= 4 is 11.6 Å². The van der Waals surface area contributed by atoms with E-state index in [2.05, 4.69) is 15.2 Å². The molecule has 0 spiro atoms. The lowest BCUT2D eigenvalue weighted by atomic mass is 10.1. The number of ether oxygens (including phenoxy) is 2. The van der Waals surface area contributed by atoms with Crippen LogP contribution in [-0.2, 0) is 0 Å². The molecule has 7 nitrogen and oxygen atoms in total. The van der Waals surface area contributed by atoms with E-state index in [0.29, 0.717) is 0 Å². The first-order valence-electron chi connectivity index (χ1n) is 8.32. The van der Waals surface area contributed by atoms with E-state index in [4.69, 9.17) is 4.74 Å². The Kier molecular flexibility index (Phi) is 5.72. The summed E-state index contributed by atoms with van der Waals surface area (Å²) in [6, 6.07) is 8.38. The van der Waals surface area contributed by atoms with Gasteiger partial charge in [-0.15, -0.1) is 13.2 Å². The quantitative estimate of drug-likeness (QED) is 0.379. The molecule has 1 N–H and O–H groups in total. The van der Waals surface area contributed by atoms with E-state index < -0.39 is 29.4 Å². The molecule has 0 aliphatic rings. The van der Waals surface area contributed by atoms with Crippen LogP contribution in [0.1, 0.15) is 15.9 Å². The number of amides is 1. The summed E-state index contributed by atoms with van der Waals surface area (Å²) in [6.45, 7) is 1.45. The number of rotatable bonds is 5. The largest absolute Gasteiger partial charge is 0.594 e. The van der Waals surface area contributed by atoms with Gasteiger partial charge in [0.1, 0.15) is 34.8 Å². The third-order valence-electron chi connectivity index (χ3n) is 3.76. The third-order valence-corrected chi connectivity index (χ3v) is 3.76. The molecule has 0 bridgehead atoms. The Balaban J connectivity index is 1.85. The highest BCUT2D eigenvalue weighted by molar-refractivity contribution is 6.06. The van der Waals surface area contributed by atoms with Gasteiger partial charge in [0.25, 0.3) is 5.91 Å². The van der Waals surface area contributed by atoms with Crippen LogP contribution in [0.15, 0.2) is 54.9 Å². The van der Waals surface area contributed by atoms with Gasteiger partial charge < -0.3 is 20.0 Å². The van der Waals surface area contributed by atoms with Gasteiger partial charge in [0.15, 0.2) is 0 Å². The van der Waals surface area contributed by atoms with Gasteiger partial charge in [0, 0.05) is 11.2 Å². The van der Waals surface area contributed by atoms with Gasteiger partial charge in [0.05, 0.1) is 5.69 Å². The maximum absolute atomic E-state index is 14.7. The van der Waals surface area contributed by atoms with Crippen LogP contribution in [0.3, 0.4) is 0 Å². The van der Waals surface area contributed by atoms with Crippen molar-refractivity contribution in [3.8, 4) is 17.2 Å². The second-order valence-corrected chi connectivity index (χ2v) is 5.96. The molecule has 3 aromatic rings. The number of aryl methyl sites for hydroxylation is 1. The van der Waals surface area contributed by atoms with Crippen molar-refractivity contribution in [3.05, 3.63) is 77.0 Å². The van der Waals surface area contributed by atoms with Crippen LogP contribution in [-0.4, -0.2) is 17.4 Å². The predicted molar refractivity (Wildman–Crippen MR) is 95.5 cm³/mol. The fourth-order valence-corrected chi connectivity index (χ4v) is 2.41. The third kappa shape index (κ3) is 5.13. The van der Waals surface area contributed by atoms with Crippen LogP contribution in [0.5, 0.6) is 17.2 Å². The first kappa shape index (κ1) is 20.8. The summed E-state index contributed by atoms with van der Waals surface area (Å²) in [5.74, 6) is -2.29. The van der Waals surface area contributed by atoms with Crippen LogP contribution in [0.25, 0.3) is 0 Å². The molecule has 0 aliphatic carbocycles. The Labute approximate surface area is 167 Å². The number of carbonyl (C=O) groups is 1. The lowest BCUT2D eigenvalue weighted by Crippen LogP contribution is -2.30. The zero-order valence-electron chi connectivity index (χ0n) is 15.2. The van der Waals surface area contributed by atoms with Crippen molar-refractivity contribution in [1.82, 2.24) is 5.10 Å².